The predicted octanol–water partition coefficient (Wildman–Crippen LogP) is 4.17. The van der Waals surface area contributed by atoms with Crippen molar-refractivity contribution >= 4 is 59.1 Å². The average molecular weight is 750 g/mol. The molecule has 4 rings (SSSR count). The number of likely N-dealkylation sites (tertiary alicyclic amines) is 1. The molecule has 1 saturated heterocycles. The lowest BCUT2D eigenvalue weighted by molar-refractivity contribution is -0.139. The Balaban J connectivity index is 1.11. The number of carbonyl (C=O) groups excluding carboxylic acids is 5. The monoisotopic (exact) mass is 749 g/mol. The molecule has 0 bridgehead atoms. The summed E-state index contributed by atoms with van der Waals surface area (Å²) in [5, 5.41) is 8.33. The summed E-state index contributed by atoms with van der Waals surface area (Å²) in [6, 6.07) is 15.8. The number of carbonyl (C=O) groups is 5. The summed E-state index contributed by atoms with van der Waals surface area (Å²) in [6.45, 7) is 9.99. The summed E-state index contributed by atoms with van der Waals surface area (Å²) in [6.07, 6.45) is 5.17. The van der Waals surface area contributed by atoms with E-state index < -0.39 is 11.2 Å². The number of amides is 5. The standard InChI is InChI=1S/C40H55N5O7S/c1-39(2,52-24-20-43-34(46)17-22-44-37(49)26-33(38(44)50)53-25-21-41-5)18-23-51-40(3,4)27-35(47)42-19-16-36(48)45-28-31-12-7-6-10-29(31)14-15-30-11-8-9-13-32(30)45/h6-15,33,41H,16-28H2,1-5H3,(H,42,47)(H,43,46)/b15-14-. The van der Waals surface area contributed by atoms with Gasteiger partial charge in [-0.15, -0.1) is 11.8 Å². The minimum Gasteiger partial charge on any atom is -0.375 e. The second-order valence-electron chi connectivity index (χ2n) is 14.5. The zero-order chi connectivity index (χ0) is 38.4. The molecule has 1 unspecified atom stereocenters. The van der Waals surface area contributed by atoms with Crippen LogP contribution in [0.2, 0.25) is 0 Å². The summed E-state index contributed by atoms with van der Waals surface area (Å²) in [5.74, 6) is -0.236. The van der Waals surface area contributed by atoms with E-state index in [2.05, 4.69) is 22.0 Å². The molecule has 3 N–H and O–H groups in total. The Morgan fingerprint density at radius 3 is 2.28 bits per heavy atom. The zero-order valence-corrected chi connectivity index (χ0v) is 32.5. The van der Waals surface area contributed by atoms with E-state index >= 15 is 0 Å². The van der Waals surface area contributed by atoms with Crippen molar-refractivity contribution < 1.29 is 33.4 Å². The van der Waals surface area contributed by atoms with Crippen LogP contribution in [-0.2, 0) is 40.0 Å². The molecule has 2 heterocycles. The molecule has 1 fully saturated rings. The topological polar surface area (TPSA) is 146 Å². The van der Waals surface area contributed by atoms with E-state index in [0.717, 1.165) is 34.7 Å². The number of thioether (sulfide) groups is 1. The molecular formula is C40H55N5O7S. The first-order chi connectivity index (χ1) is 25.3. The summed E-state index contributed by atoms with van der Waals surface area (Å²) >= 11 is 1.46. The summed E-state index contributed by atoms with van der Waals surface area (Å²) < 4.78 is 12.1. The van der Waals surface area contributed by atoms with Crippen molar-refractivity contribution in [3.63, 3.8) is 0 Å². The molecule has 0 saturated carbocycles. The highest BCUT2D eigenvalue weighted by atomic mass is 32.2. The Bertz CT molecular complexity index is 1630. The van der Waals surface area contributed by atoms with Gasteiger partial charge in [-0.2, -0.15) is 0 Å². The van der Waals surface area contributed by atoms with E-state index in [4.69, 9.17) is 9.47 Å². The Kier molecular flexibility index (Phi) is 15.6. The Morgan fingerprint density at radius 1 is 0.830 bits per heavy atom. The summed E-state index contributed by atoms with van der Waals surface area (Å²) in [4.78, 5) is 66.5. The number of hydrogen-bond acceptors (Lipinski definition) is 9. The average Bonchev–Trinajstić information content (AvgIpc) is 3.37. The van der Waals surface area contributed by atoms with E-state index in [1.54, 1.807) is 4.90 Å². The molecule has 12 nitrogen and oxygen atoms in total. The number of ether oxygens (including phenoxy) is 2. The van der Waals surface area contributed by atoms with Gasteiger partial charge >= 0.3 is 0 Å². The highest BCUT2D eigenvalue weighted by Crippen LogP contribution is 2.29. The Morgan fingerprint density at radius 2 is 1.51 bits per heavy atom. The summed E-state index contributed by atoms with van der Waals surface area (Å²) in [5.41, 5.74) is 2.66. The minimum absolute atomic E-state index is 0.0430. The maximum Gasteiger partial charge on any atom is 0.242 e. The first kappa shape index (κ1) is 41.7. The van der Waals surface area contributed by atoms with Gasteiger partial charge in [-0.25, -0.2) is 0 Å². The first-order valence-corrected chi connectivity index (χ1v) is 19.4. The second kappa shape index (κ2) is 19.9. The third kappa shape index (κ3) is 13.1. The molecule has 0 aliphatic carbocycles. The molecule has 0 radical (unpaired) electrons. The van der Waals surface area contributed by atoms with E-state index in [9.17, 15) is 24.0 Å². The second-order valence-corrected chi connectivity index (χ2v) is 15.8. The van der Waals surface area contributed by atoms with E-state index in [1.807, 2.05) is 89.3 Å². The number of benzene rings is 2. The molecule has 2 aliphatic rings. The summed E-state index contributed by atoms with van der Waals surface area (Å²) in [7, 11) is 1.84. The van der Waals surface area contributed by atoms with Crippen LogP contribution in [0.15, 0.2) is 48.5 Å². The van der Waals surface area contributed by atoms with Crippen LogP contribution in [0.25, 0.3) is 12.2 Å². The molecule has 0 aromatic heterocycles. The van der Waals surface area contributed by atoms with Crippen LogP contribution in [0.1, 0.15) is 76.5 Å². The molecule has 2 aromatic rings. The van der Waals surface area contributed by atoms with E-state index in [-0.39, 0.29) is 86.7 Å². The van der Waals surface area contributed by atoms with Crippen LogP contribution >= 0.6 is 11.8 Å². The van der Waals surface area contributed by atoms with Gasteiger partial charge in [-0.3, -0.25) is 28.9 Å². The lowest BCUT2D eigenvalue weighted by atomic mass is 10.0. The SMILES string of the molecule is CNCCSC1CC(=O)N(CCC(=O)NCCOC(C)(C)CCOC(C)(C)CC(=O)NCCC(=O)N2Cc3ccccc3/C=C\c3ccccc32)C1=O. The molecule has 0 spiro atoms. The highest BCUT2D eigenvalue weighted by molar-refractivity contribution is 8.00. The van der Waals surface area contributed by atoms with Gasteiger partial charge in [0.25, 0.3) is 0 Å². The van der Waals surface area contributed by atoms with Crippen LogP contribution in [-0.4, -0.2) is 103 Å². The van der Waals surface area contributed by atoms with Crippen LogP contribution < -0.4 is 20.9 Å². The van der Waals surface area contributed by atoms with Crippen molar-refractivity contribution in [3.05, 3.63) is 65.2 Å². The fourth-order valence-electron chi connectivity index (χ4n) is 6.10. The van der Waals surface area contributed by atoms with Crippen molar-refractivity contribution in [3.8, 4) is 0 Å². The first-order valence-electron chi connectivity index (χ1n) is 18.4. The van der Waals surface area contributed by atoms with E-state index in [0.29, 0.717) is 19.6 Å². The fraction of sp³-hybridized carbons (Fsp3) is 0.525. The third-order valence-corrected chi connectivity index (χ3v) is 10.4. The lowest BCUT2D eigenvalue weighted by Gasteiger charge is -2.29. The van der Waals surface area contributed by atoms with Crippen molar-refractivity contribution in [2.75, 3.05) is 57.1 Å². The maximum absolute atomic E-state index is 13.5. The fourth-order valence-corrected chi connectivity index (χ4v) is 7.24. The van der Waals surface area contributed by atoms with Crippen molar-refractivity contribution in [1.82, 2.24) is 20.9 Å². The van der Waals surface area contributed by atoms with Crippen LogP contribution in [0.3, 0.4) is 0 Å². The third-order valence-electron chi connectivity index (χ3n) is 9.15. The van der Waals surface area contributed by atoms with Crippen LogP contribution in [0, 0.1) is 0 Å². The number of nitrogens with zero attached hydrogens (tertiary/aromatic N) is 2. The molecule has 2 aliphatic heterocycles. The Labute approximate surface area is 317 Å². The zero-order valence-electron chi connectivity index (χ0n) is 31.7. The number of imide groups is 1. The molecule has 288 valence electrons. The highest BCUT2D eigenvalue weighted by Gasteiger charge is 2.38. The predicted molar refractivity (Wildman–Crippen MR) is 209 cm³/mol. The number of nitrogens with one attached hydrogen (secondary N) is 3. The lowest BCUT2D eigenvalue weighted by Crippen LogP contribution is -2.39. The van der Waals surface area contributed by atoms with Gasteiger partial charge < -0.3 is 30.3 Å². The van der Waals surface area contributed by atoms with E-state index in [1.165, 1.54) is 16.7 Å². The quantitative estimate of drug-likeness (QED) is 0.134. The minimum atomic E-state index is -0.736. The Hall–Kier alpha value is -4.04. The number of anilines is 1. The van der Waals surface area contributed by atoms with Gasteiger partial charge in [0.05, 0.1) is 48.3 Å². The van der Waals surface area contributed by atoms with Gasteiger partial charge in [0, 0.05) is 51.2 Å². The smallest absolute Gasteiger partial charge is 0.242 e. The maximum atomic E-state index is 13.5. The van der Waals surface area contributed by atoms with Crippen LogP contribution in [0.5, 0.6) is 0 Å². The largest absolute Gasteiger partial charge is 0.375 e. The van der Waals surface area contributed by atoms with Crippen molar-refractivity contribution in [2.24, 2.45) is 0 Å². The number of para-hydroxylation sites is 1. The van der Waals surface area contributed by atoms with Gasteiger partial charge in [0.2, 0.25) is 29.5 Å². The van der Waals surface area contributed by atoms with Gasteiger partial charge in [0.15, 0.2) is 0 Å². The van der Waals surface area contributed by atoms with Gasteiger partial charge in [0.1, 0.15) is 0 Å². The number of fused-ring (bicyclic) bond motifs is 2. The number of hydrogen-bond donors (Lipinski definition) is 3. The van der Waals surface area contributed by atoms with Crippen LogP contribution in [0.4, 0.5) is 5.69 Å². The van der Waals surface area contributed by atoms with Crippen molar-refractivity contribution in [1.29, 1.82) is 0 Å². The number of rotatable bonds is 20. The molecule has 5 amide bonds. The molecule has 53 heavy (non-hydrogen) atoms. The normalized spacial score (nSPS) is 16.4. The van der Waals surface area contributed by atoms with Gasteiger partial charge in [-0.05, 0) is 63.9 Å². The molecule has 2 aromatic carbocycles. The van der Waals surface area contributed by atoms with Gasteiger partial charge in [-0.1, -0.05) is 54.6 Å². The van der Waals surface area contributed by atoms with Crippen molar-refractivity contribution in [2.45, 2.75) is 82.8 Å². The molecule has 13 heteroatoms. The molecular weight excluding hydrogens is 695 g/mol. The molecule has 1 atom stereocenters.